The number of carbonyl (C=O) groups excluding carboxylic acids is 1. The van der Waals surface area contributed by atoms with Gasteiger partial charge in [0.2, 0.25) is 0 Å². The van der Waals surface area contributed by atoms with Gasteiger partial charge < -0.3 is 9.47 Å². The van der Waals surface area contributed by atoms with Crippen LogP contribution in [0.2, 0.25) is 0 Å². The second-order valence-corrected chi connectivity index (χ2v) is 4.05. The maximum Gasteiger partial charge on any atom is 0.163 e. The minimum absolute atomic E-state index is 0.167. The lowest BCUT2D eigenvalue weighted by molar-refractivity contribution is 0.0979. The smallest absolute Gasteiger partial charge is 0.163 e. The normalized spacial score (nSPS) is 10.2. The average molecular weight is 250 g/mol. The van der Waals surface area contributed by atoms with Gasteiger partial charge in [0.15, 0.2) is 17.3 Å². The van der Waals surface area contributed by atoms with Gasteiger partial charge in [-0.1, -0.05) is 13.3 Å². The largest absolute Gasteiger partial charge is 0.490 e. The minimum atomic E-state index is 0.167. The molecule has 0 radical (unpaired) electrons. The lowest BCUT2D eigenvalue weighted by Crippen LogP contribution is -2.03. The molecule has 0 N–H and O–H groups in total. The molecular formula is C15H22O3. The first-order chi connectivity index (χ1) is 8.72. The van der Waals surface area contributed by atoms with E-state index in [-0.39, 0.29) is 5.78 Å². The quantitative estimate of drug-likeness (QED) is 0.657. The van der Waals surface area contributed by atoms with E-state index < -0.39 is 0 Å². The summed E-state index contributed by atoms with van der Waals surface area (Å²) in [6.07, 6.45) is 2.55. The number of benzene rings is 1. The van der Waals surface area contributed by atoms with Crippen molar-refractivity contribution in [2.45, 2.75) is 40.0 Å². The Morgan fingerprint density at radius 1 is 1.06 bits per heavy atom. The van der Waals surface area contributed by atoms with Crippen LogP contribution in [0.1, 0.15) is 50.4 Å². The molecule has 0 aromatic heterocycles. The van der Waals surface area contributed by atoms with Gasteiger partial charge in [-0.25, -0.2) is 0 Å². The highest BCUT2D eigenvalue weighted by Crippen LogP contribution is 2.29. The predicted octanol–water partition coefficient (Wildman–Crippen LogP) is 3.86. The molecule has 1 rings (SSSR count). The van der Waals surface area contributed by atoms with Gasteiger partial charge in [-0.2, -0.15) is 0 Å². The summed E-state index contributed by atoms with van der Waals surface area (Å²) >= 11 is 0. The third kappa shape index (κ3) is 4.06. The highest BCUT2D eigenvalue weighted by Gasteiger charge is 2.10. The molecule has 0 aliphatic carbocycles. The fourth-order valence-corrected chi connectivity index (χ4v) is 1.71. The molecule has 0 aliphatic heterocycles. The van der Waals surface area contributed by atoms with Crippen LogP contribution in [0.5, 0.6) is 11.5 Å². The summed E-state index contributed by atoms with van der Waals surface area (Å²) in [5, 5.41) is 0. The van der Waals surface area contributed by atoms with Gasteiger partial charge in [0.25, 0.3) is 0 Å². The zero-order chi connectivity index (χ0) is 13.4. The van der Waals surface area contributed by atoms with Gasteiger partial charge in [-0.15, -0.1) is 0 Å². The number of rotatable bonds is 8. The minimum Gasteiger partial charge on any atom is -0.490 e. The molecule has 0 amide bonds. The number of carbonyl (C=O) groups is 1. The molecule has 0 heterocycles. The standard InChI is InChI=1S/C15H22O3/c1-4-7-8-13(16)12-9-10-14(17-5-2)15(11-12)18-6-3/h9-11H,4-8H2,1-3H3. The van der Waals surface area contributed by atoms with Gasteiger partial charge in [-0.3, -0.25) is 4.79 Å². The Kier molecular flexibility index (Phi) is 6.26. The molecular weight excluding hydrogens is 228 g/mol. The van der Waals surface area contributed by atoms with E-state index in [0.29, 0.717) is 36.7 Å². The van der Waals surface area contributed by atoms with E-state index in [1.54, 1.807) is 6.07 Å². The van der Waals surface area contributed by atoms with Gasteiger partial charge in [-0.05, 0) is 38.5 Å². The molecule has 3 heteroatoms. The Balaban J connectivity index is 2.87. The van der Waals surface area contributed by atoms with Crippen molar-refractivity contribution in [3.8, 4) is 11.5 Å². The molecule has 3 nitrogen and oxygen atoms in total. The number of hydrogen-bond donors (Lipinski definition) is 0. The lowest BCUT2D eigenvalue weighted by atomic mass is 10.1. The van der Waals surface area contributed by atoms with Crippen molar-refractivity contribution in [1.82, 2.24) is 0 Å². The highest BCUT2D eigenvalue weighted by atomic mass is 16.5. The lowest BCUT2D eigenvalue weighted by Gasteiger charge is -2.12. The van der Waals surface area contributed by atoms with Crippen molar-refractivity contribution >= 4 is 5.78 Å². The third-order valence-electron chi connectivity index (χ3n) is 2.62. The van der Waals surface area contributed by atoms with E-state index in [4.69, 9.17) is 9.47 Å². The number of Topliss-reactive ketones (excluding diaryl/α,β-unsaturated/α-hetero) is 1. The molecule has 0 spiro atoms. The van der Waals surface area contributed by atoms with Crippen LogP contribution >= 0.6 is 0 Å². The molecule has 0 saturated heterocycles. The van der Waals surface area contributed by atoms with E-state index >= 15 is 0 Å². The molecule has 18 heavy (non-hydrogen) atoms. The van der Waals surface area contributed by atoms with Crippen LogP contribution in [0.15, 0.2) is 18.2 Å². The topological polar surface area (TPSA) is 35.5 Å². The fraction of sp³-hybridized carbons (Fsp3) is 0.533. The number of hydrogen-bond acceptors (Lipinski definition) is 3. The Bertz CT molecular complexity index is 385. The Labute approximate surface area is 109 Å². The van der Waals surface area contributed by atoms with Crippen LogP contribution in [-0.4, -0.2) is 19.0 Å². The van der Waals surface area contributed by atoms with Crippen LogP contribution in [0, 0.1) is 0 Å². The van der Waals surface area contributed by atoms with E-state index in [1.807, 2.05) is 26.0 Å². The molecule has 0 atom stereocenters. The van der Waals surface area contributed by atoms with Crippen molar-refractivity contribution in [3.63, 3.8) is 0 Å². The molecule has 0 fully saturated rings. The van der Waals surface area contributed by atoms with Crippen LogP contribution in [-0.2, 0) is 0 Å². The second kappa shape index (κ2) is 7.75. The maximum atomic E-state index is 11.9. The summed E-state index contributed by atoms with van der Waals surface area (Å²) < 4.78 is 11.0. The Morgan fingerprint density at radius 2 is 1.72 bits per heavy atom. The fourth-order valence-electron chi connectivity index (χ4n) is 1.71. The predicted molar refractivity (Wildman–Crippen MR) is 72.6 cm³/mol. The van der Waals surface area contributed by atoms with Gasteiger partial charge >= 0.3 is 0 Å². The first kappa shape index (κ1) is 14.6. The van der Waals surface area contributed by atoms with E-state index in [0.717, 1.165) is 12.8 Å². The van der Waals surface area contributed by atoms with Crippen molar-refractivity contribution in [1.29, 1.82) is 0 Å². The molecule has 1 aromatic rings. The van der Waals surface area contributed by atoms with E-state index in [2.05, 4.69) is 6.92 Å². The number of ketones is 1. The monoisotopic (exact) mass is 250 g/mol. The van der Waals surface area contributed by atoms with E-state index in [1.165, 1.54) is 0 Å². The van der Waals surface area contributed by atoms with Crippen molar-refractivity contribution in [2.75, 3.05) is 13.2 Å². The van der Waals surface area contributed by atoms with Crippen molar-refractivity contribution in [2.24, 2.45) is 0 Å². The van der Waals surface area contributed by atoms with Crippen molar-refractivity contribution < 1.29 is 14.3 Å². The van der Waals surface area contributed by atoms with Crippen molar-refractivity contribution in [3.05, 3.63) is 23.8 Å². The summed E-state index contributed by atoms with van der Waals surface area (Å²) in [6, 6.07) is 5.41. The molecule has 0 bridgehead atoms. The second-order valence-electron chi connectivity index (χ2n) is 4.05. The van der Waals surface area contributed by atoms with Crippen LogP contribution in [0.25, 0.3) is 0 Å². The highest BCUT2D eigenvalue weighted by molar-refractivity contribution is 5.96. The number of unbranched alkanes of at least 4 members (excludes halogenated alkanes) is 1. The van der Waals surface area contributed by atoms with Gasteiger partial charge in [0, 0.05) is 12.0 Å². The van der Waals surface area contributed by atoms with Crippen LogP contribution in [0.3, 0.4) is 0 Å². The van der Waals surface area contributed by atoms with Gasteiger partial charge in [0.1, 0.15) is 0 Å². The summed E-state index contributed by atoms with van der Waals surface area (Å²) in [5.74, 6) is 1.52. The SMILES string of the molecule is CCCCC(=O)c1ccc(OCC)c(OCC)c1. The Morgan fingerprint density at radius 3 is 2.33 bits per heavy atom. The zero-order valence-corrected chi connectivity index (χ0v) is 11.5. The summed E-state index contributed by atoms with van der Waals surface area (Å²) in [5.41, 5.74) is 0.704. The van der Waals surface area contributed by atoms with E-state index in [9.17, 15) is 4.79 Å². The van der Waals surface area contributed by atoms with Crippen LogP contribution in [0.4, 0.5) is 0 Å². The summed E-state index contributed by atoms with van der Waals surface area (Å²) in [7, 11) is 0. The first-order valence-electron chi connectivity index (χ1n) is 6.65. The van der Waals surface area contributed by atoms with Crippen LogP contribution < -0.4 is 9.47 Å². The number of ether oxygens (including phenoxy) is 2. The molecule has 100 valence electrons. The molecule has 0 unspecified atom stereocenters. The Hall–Kier alpha value is -1.51. The maximum absolute atomic E-state index is 11.9. The van der Waals surface area contributed by atoms with Gasteiger partial charge in [0.05, 0.1) is 13.2 Å². The molecule has 0 aliphatic rings. The summed E-state index contributed by atoms with van der Waals surface area (Å²) in [4.78, 5) is 11.9. The first-order valence-corrected chi connectivity index (χ1v) is 6.65. The molecule has 0 saturated carbocycles. The molecule has 1 aromatic carbocycles. The zero-order valence-electron chi connectivity index (χ0n) is 11.5. The third-order valence-corrected chi connectivity index (χ3v) is 2.62. The average Bonchev–Trinajstić information content (AvgIpc) is 2.38. The summed E-state index contributed by atoms with van der Waals surface area (Å²) in [6.45, 7) is 7.07.